The Morgan fingerprint density at radius 3 is 2.00 bits per heavy atom. The van der Waals surface area contributed by atoms with E-state index in [4.69, 9.17) is 0 Å². The lowest BCUT2D eigenvalue weighted by molar-refractivity contribution is 0.101. The second kappa shape index (κ2) is 8.30. The number of nitrogens with one attached hydrogen (secondary N) is 2. The smallest absolute Gasteiger partial charge is 0.276 e. The van der Waals surface area contributed by atoms with E-state index < -0.39 is 0 Å². The van der Waals surface area contributed by atoms with E-state index in [2.05, 4.69) is 20.8 Å². The molecule has 0 aliphatic heterocycles. The number of Topliss-reactive ketones (excluding diaryl/α,β-unsaturated/α-hetero) is 1. The van der Waals surface area contributed by atoms with E-state index in [1.807, 2.05) is 43.3 Å². The van der Waals surface area contributed by atoms with E-state index >= 15 is 0 Å². The number of hydrogen-bond acceptors (Lipinski definition) is 6. The Balaban J connectivity index is 1.63. The lowest BCUT2D eigenvalue weighted by atomic mass is 10.1. The van der Waals surface area contributed by atoms with Gasteiger partial charge in [-0.15, -0.1) is 10.2 Å². The fourth-order valence-electron chi connectivity index (χ4n) is 2.49. The van der Waals surface area contributed by atoms with Crippen LogP contribution in [-0.4, -0.2) is 36.0 Å². The summed E-state index contributed by atoms with van der Waals surface area (Å²) in [7, 11) is 3.91. The van der Waals surface area contributed by atoms with Crippen molar-refractivity contribution in [3.63, 3.8) is 0 Å². The molecule has 3 aromatic rings. The Hall–Kier alpha value is -3.74. The largest absolute Gasteiger partial charge is 0.378 e. The summed E-state index contributed by atoms with van der Waals surface area (Å²) < 4.78 is 0. The number of carbonyl (C=O) groups is 2. The highest BCUT2D eigenvalue weighted by molar-refractivity contribution is 6.02. The third-order valence-electron chi connectivity index (χ3n) is 4.10. The molecular weight excluding hydrogens is 354 g/mol. The molecule has 0 saturated carbocycles. The summed E-state index contributed by atoms with van der Waals surface area (Å²) in [5.41, 5.74) is 3.36. The Morgan fingerprint density at radius 2 is 1.46 bits per heavy atom. The first kappa shape index (κ1) is 19.0. The number of carbonyl (C=O) groups excluding carboxylic acids is 2. The van der Waals surface area contributed by atoms with Crippen LogP contribution < -0.4 is 15.5 Å². The maximum Gasteiger partial charge on any atom is 0.276 e. The number of hydrogen-bond donors (Lipinski definition) is 2. The molecule has 2 N–H and O–H groups in total. The number of benzene rings is 2. The van der Waals surface area contributed by atoms with Crippen LogP contribution in [0.25, 0.3) is 0 Å². The van der Waals surface area contributed by atoms with Gasteiger partial charge in [0.1, 0.15) is 0 Å². The minimum Gasteiger partial charge on any atom is -0.378 e. The van der Waals surface area contributed by atoms with E-state index in [0.29, 0.717) is 17.1 Å². The van der Waals surface area contributed by atoms with Gasteiger partial charge in [0.25, 0.3) is 5.91 Å². The number of rotatable bonds is 6. The van der Waals surface area contributed by atoms with Crippen LogP contribution in [0.15, 0.2) is 60.7 Å². The molecule has 0 bridgehead atoms. The van der Waals surface area contributed by atoms with Gasteiger partial charge in [0, 0.05) is 36.7 Å². The second-order valence-electron chi connectivity index (χ2n) is 6.46. The molecule has 7 heteroatoms. The van der Waals surface area contributed by atoms with Crippen LogP contribution in [0, 0.1) is 0 Å². The quantitative estimate of drug-likeness (QED) is 0.638. The van der Waals surface area contributed by atoms with Gasteiger partial charge < -0.3 is 15.5 Å². The van der Waals surface area contributed by atoms with Gasteiger partial charge in [0.15, 0.2) is 17.3 Å². The molecule has 1 amide bonds. The fourth-order valence-corrected chi connectivity index (χ4v) is 2.49. The predicted octanol–water partition coefficient (Wildman–Crippen LogP) is 3.74. The zero-order valence-corrected chi connectivity index (χ0v) is 15.9. The van der Waals surface area contributed by atoms with Gasteiger partial charge in [-0.05, 0) is 67.6 Å². The molecule has 0 fully saturated rings. The number of anilines is 4. The molecule has 0 atom stereocenters. The molecule has 0 saturated heterocycles. The molecule has 0 aliphatic carbocycles. The van der Waals surface area contributed by atoms with Gasteiger partial charge in [-0.3, -0.25) is 9.59 Å². The fraction of sp³-hybridized carbons (Fsp3) is 0.143. The number of nitrogens with zero attached hydrogens (tertiary/aromatic N) is 3. The maximum atomic E-state index is 12.3. The molecule has 0 aliphatic rings. The average Bonchev–Trinajstić information content (AvgIpc) is 2.69. The van der Waals surface area contributed by atoms with Crippen molar-refractivity contribution in [1.29, 1.82) is 0 Å². The van der Waals surface area contributed by atoms with Crippen LogP contribution in [0.2, 0.25) is 0 Å². The van der Waals surface area contributed by atoms with Gasteiger partial charge in [-0.1, -0.05) is 0 Å². The highest BCUT2D eigenvalue weighted by Crippen LogP contribution is 2.17. The second-order valence-corrected chi connectivity index (χ2v) is 6.46. The molecular formula is C21H21N5O2. The highest BCUT2D eigenvalue weighted by atomic mass is 16.2. The third kappa shape index (κ3) is 4.70. The molecule has 7 nitrogen and oxygen atoms in total. The summed E-state index contributed by atoms with van der Waals surface area (Å²) in [6.07, 6.45) is 0. The van der Waals surface area contributed by atoms with Crippen molar-refractivity contribution >= 4 is 34.6 Å². The minimum atomic E-state index is -0.331. The van der Waals surface area contributed by atoms with Crippen LogP contribution in [0.3, 0.4) is 0 Å². The normalized spacial score (nSPS) is 10.2. The summed E-state index contributed by atoms with van der Waals surface area (Å²) >= 11 is 0. The van der Waals surface area contributed by atoms with Gasteiger partial charge in [-0.25, -0.2) is 0 Å². The topological polar surface area (TPSA) is 87.2 Å². The first-order valence-electron chi connectivity index (χ1n) is 8.73. The van der Waals surface area contributed by atoms with Crippen LogP contribution >= 0.6 is 0 Å². The van der Waals surface area contributed by atoms with Gasteiger partial charge >= 0.3 is 0 Å². The van der Waals surface area contributed by atoms with Crippen molar-refractivity contribution in [2.75, 3.05) is 29.6 Å². The Bertz CT molecular complexity index is 965. The third-order valence-corrected chi connectivity index (χ3v) is 4.10. The summed E-state index contributed by atoms with van der Waals surface area (Å²) in [6.45, 7) is 1.52. The van der Waals surface area contributed by atoms with Crippen molar-refractivity contribution in [2.45, 2.75) is 6.92 Å². The van der Waals surface area contributed by atoms with E-state index in [1.165, 1.54) is 6.92 Å². The van der Waals surface area contributed by atoms with Crippen molar-refractivity contribution in [2.24, 2.45) is 0 Å². The molecule has 28 heavy (non-hydrogen) atoms. The van der Waals surface area contributed by atoms with E-state index in [-0.39, 0.29) is 17.4 Å². The lowest BCUT2D eigenvalue weighted by Crippen LogP contribution is -2.15. The van der Waals surface area contributed by atoms with Crippen molar-refractivity contribution in [3.8, 4) is 0 Å². The highest BCUT2D eigenvalue weighted by Gasteiger charge is 2.09. The van der Waals surface area contributed by atoms with Crippen LogP contribution in [0.1, 0.15) is 27.8 Å². The van der Waals surface area contributed by atoms with Crippen LogP contribution in [0.5, 0.6) is 0 Å². The van der Waals surface area contributed by atoms with E-state index in [0.717, 1.165) is 11.4 Å². The predicted molar refractivity (Wildman–Crippen MR) is 110 cm³/mol. The monoisotopic (exact) mass is 375 g/mol. The van der Waals surface area contributed by atoms with Crippen molar-refractivity contribution in [1.82, 2.24) is 10.2 Å². The SMILES string of the molecule is CC(=O)c1ccc(Nc2ccc(C(=O)Nc3ccc(N(C)C)cc3)nn2)cc1. The van der Waals surface area contributed by atoms with Gasteiger partial charge in [-0.2, -0.15) is 0 Å². The lowest BCUT2D eigenvalue weighted by Gasteiger charge is -2.13. The molecule has 1 heterocycles. The summed E-state index contributed by atoms with van der Waals surface area (Å²) in [6, 6.07) is 17.8. The number of aromatic nitrogens is 2. The Morgan fingerprint density at radius 1 is 0.821 bits per heavy atom. The summed E-state index contributed by atoms with van der Waals surface area (Å²) in [5.74, 6) is 0.183. The molecule has 0 radical (unpaired) electrons. The first-order valence-corrected chi connectivity index (χ1v) is 8.73. The average molecular weight is 375 g/mol. The Kier molecular flexibility index (Phi) is 5.64. The molecule has 0 spiro atoms. The van der Waals surface area contributed by atoms with Gasteiger partial charge in [0.2, 0.25) is 0 Å². The van der Waals surface area contributed by atoms with Crippen LogP contribution in [-0.2, 0) is 0 Å². The molecule has 142 valence electrons. The molecule has 0 unspecified atom stereocenters. The molecule has 2 aromatic carbocycles. The maximum absolute atomic E-state index is 12.3. The first-order chi connectivity index (χ1) is 13.4. The molecule has 3 rings (SSSR count). The summed E-state index contributed by atoms with van der Waals surface area (Å²) in [5, 5.41) is 13.9. The Labute approximate surface area is 163 Å². The van der Waals surface area contributed by atoms with E-state index in [9.17, 15) is 9.59 Å². The number of amides is 1. The minimum absolute atomic E-state index is 0.0121. The number of ketones is 1. The zero-order chi connectivity index (χ0) is 20.1. The summed E-state index contributed by atoms with van der Waals surface area (Å²) in [4.78, 5) is 25.6. The van der Waals surface area contributed by atoms with E-state index in [1.54, 1.807) is 36.4 Å². The molecule has 1 aromatic heterocycles. The zero-order valence-electron chi connectivity index (χ0n) is 15.9. The van der Waals surface area contributed by atoms with Crippen LogP contribution in [0.4, 0.5) is 22.9 Å². The van der Waals surface area contributed by atoms with Gasteiger partial charge in [0.05, 0.1) is 0 Å². The standard InChI is InChI=1S/C21H21N5O2/c1-14(27)15-4-6-16(7-5-15)22-20-13-12-19(24-25-20)21(28)23-17-8-10-18(11-9-17)26(2)3/h4-13H,1-3H3,(H,22,25)(H,23,28). The van der Waals surface area contributed by atoms with Crippen molar-refractivity contribution < 1.29 is 9.59 Å². The van der Waals surface area contributed by atoms with Crippen molar-refractivity contribution in [3.05, 3.63) is 71.9 Å².